The normalized spacial score (nSPS) is 18.7. The number of aromatic nitrogens is 1. The molecule has 1 aromatic heterocycles. The maximum Gasteiger partial charge on any atom is 1.00 e. The SMILES string of the molecule is CC(=O)c1cn2c3c(c(N4CCN(C)CC4)c(F)cc3c1=O)CCC21CC1.S=C[S-].[Na+]. The van der Waals surface area contributed by atoms with E-state index < -0.39 is 0 Å². The van der Waals surface area contributed by atoms with Crippen LogP contribution in [0.1, 0.15) is 42.1 Å². The fourth-order valence-corrected chi connectivity index (χ4v) is 4.87. The fourth-order valence-electron chi connectivity index (χ4n) is 4.87. The Hall–Kier alpha value is -0.900. The molecule has 0 unspecified atom stereocenters. The topological polar surface area (TPSA) is 45.6 Å². The summed E-state index contributed by atoms with van der Waals surface area (Å²) in [6.45, 7) is 4.78. The number of piperazine rings is 1. The molecule has 0 bridgehead atoms. The van der Waals surface area contributed by atoms with E-state index in [-0.39, 0.29) is 57.7 Å². The zero-order chi connectivity index (χ0) is 21.6. The first kappa shape index (κ1) is 24.7. The molecule has 5 rings (SSSR count). The molecule has 5 nitrogen and oxygen atoms in total. The monoisotopic (exact) mass is 469 g/mol. The van der Waals surface area contributed by atoms with Gasteiger partial charge in [0, 0.05) is 48.9 Å². The predicted octanol–water partition coefficient (Wildman–Crippen LogP) is 0.0248. The summed E-state index contributed by atoms with van der Waals surface area (Å²) in [5.74, 6) is -0.588. The number of benzene rings is 1. The Morgan fingerprint density at radius 1 is 1.23 bits per heavy atom. The quantitative estimate of drug-likeness (QED) is 0.268. The molecule has 1 spiro atoms. The smallest absolute Gasteiger partial charge is 0.436 e. The molecule has 160 valence electrons. The number of aryl methyl sites for hydroxylation is 1. The summed E-state index contributed by atoms with van der Waals surface area (Å²) in [4.78, 5) is 29.3. The summed E-state index contributed by atoms with van der Waals surface area (Å²) in [5, 5.41) is 0.360. The van der Waals surface area contributed by atoms with Crippen LogP contribution in [0.3, 0.4) is 0 Å². The molecule has 0 atom stereocenters. The molecule has 31 heavy (non-hydrogen) atoms. The minimum absolute atomic E-state index is 0. The number of Topliss-reactive ketones (excluding diaryl/α,β-unsaturated/α-hetero) is 1. The third kappa shape index (κ3) is 4.35. The molecule has 0 N–H and O–H groups in total. The van der Waals surface area contributed by atoms with Gasteiger partial charge in [0.1, 0.15) is 5.82 Å². The second-order valence-corrected chi connectivity index (χ2v) is 9.26. The summed E-state index contributed by atoms with van der Waals surface area (Å²) in [7, 11) is 2.08. The van der Waals surface area contributed by atoms with E-state index in [1.54, 1.807) is 6.20 Å². The molecule has 1 aromatic carbocycles. The number of carbonyl (C=O) groups is 1. The van der Waals surface area contributed by atoms with E-state index in [1.165, 1.54) is 17.7 Å². The number of rotatable bonds is 2. The van der Waals surface area contributed by atoms with E-state index >= 15 is 4.39 Å². The van der Waals surface area contributed by atoms with Crippen LogP contribution in [0.5, 0.6) is 0 Å². The first-order valence-corrected chi connectivity index (χ1v) is 11.2. The molecule has 2 fully saturated rings. The second kappa shape index (κ2) is 9.53. The number of nitrogens with zero attached hydrogens (tertiary/aromatic N) is 3. The van der Waals surface area contributed by atoms with Gasteiger partial charge in [-0.25, -0.2) is 4.39 Å². The van der Waals surface area contributed by atoms with Crippen molar-refractivity contribution in [1.29, 1.82) is 0 Å². The Morgan fingerprint density at radius 3 is 2.39 bits per heavy atom. The van der Waals surface area contributed by atoms with Gasteiger partial charge in [0.2, 0.25) is 0 Å². The summed E-state index contributed by atoms with van der Waals surface area (Å²) in [5.41, 5.74) is 2.31. The van der Waals surface area contributed by atoms with Crippen molar-refractivity contribution in [2.45, 2.75) is 38.1 Å². The van der Waals surface area contributed by atoms with Crippen LogP contribution in [0.15, 0.2) is 17.1 Å². The van der Waals surface area contributed by atoms with Gasteiger partial charge < -0.3 is 39.2 Å². The molecule has 1 aliphatic carbocycles. The van der Waals surface area contributed by atoms with Crippen molar-refractivity contribution in [3.63, 3.8) is 0 Å². The fraction of sp³-hybridized carbons (Fsp3) is 0.500. The van der Waals surface area contributed by atoms with Gasteiger partial charge in [-0.1, -0.05) is 0 Å². The summed E-state index contributed by atoms with van der Waals surface area (Å²) >= 11 is 8.17. The van der Waals surface area contributed by atoms with E-state index in [1.807, 2.05) is 0 Å². The van der Waals surface area contributed by atoms with Gasteiger partial charge >= 0.3 is 29.6 Å². The molecule has 3 heterocycles. The first-order chi connectivity index (χ1) is 14.3. The van der Waals surface area contributed by atoms with Crippen molar-refractivity contribution in [2.24, 2.45) is 0 Å². The minimum Gasteiger partial charge on any atom is -0.436 e. The average molecular weight is 470 g/mol. The van der Waals surface area contributed by atoms with Crippen molar-refractivity contribution in [1.82, 2.24) is 9.47 Å². The largest absolute Gasteiger partial charge is 1.00 e. The number of hydrogen-bond donors (Lipinski definition) is 0. The van der Waals surface area contributed by atoms with E-state index in [4.69, 9.17) is 0 Å². The van der Waals surface area contributed by atoms with Crippen LogP contribution in [0.2, 0.25) is 0 Å². The first-order valence-electron chi connectivity index (χ1n) is 10.2. The molecular weight excluding hydrogens is 444 g/mol. The Balaban J connectivity index is 0.000000645. The number of pyridine rings is 1. The number of fused-ring (bicyclic) bond motifs is 1. The van der Waals surface area contributed by atoms with Gasteiger partial charge in [0.25, 0.3) is 0 Å². The molecule has 0 amide bonds. The van der Waals surface area contributed by atoms with Crippen molar-refractivity contribution in [3.8, 4) is 0 Å². The van der Waals surface area contributed by atoms with Crippen molar-refractivity contribution < 1.29 is 38.7 Å². The van der Waals surface area contributed by atoms with Crippen LogP contribution in [0.4, 0.5) is 10.1 Å². The van der Waals surface area contributed by atoms with Gasteiger partial charge in [-0.3, -0.25) is 9.59 Å². The van der Waals surface area contributed by atoms with Gasteiger partial charge in [-0.15, -0.1) is 0 Å². The molecule has 1 saturated carbocycles. The van der Waals surface area contributed by atoms with E-state index in [0.717, 1.165) is 62.9 Å². The molecule has 1 saturated heterocycles. The van der Waals surface area contributed by atoms with Crippen LogP contribution in [-0.2, 0) is 24.6 Å². The van der Waals surface area contributed by atoms with Crippen LogP contribution in [0.25, 0.3) is 10.9 Å². The molecule has 2 aromatic rings. The minimum atomic E-state index is -0.337. The van der Waals surface area contributed by atoms with Gasteiger partial charge in [0.05, 0.1) is 16.8 Å². The second-order valence-electron chi connectivity index (χ2n) is 8.49. The maximum absolute atomic E-state index is 15.2. The number of likely N-dealkylation sites (N-methyl/N-ethyl adjacent to an activating group) is 1. The standard InChI is InChI=1S/C21H24FN3O2.CH2S2.Na/c1-13(26)16-12-25-18-14(3-4-21(25)5-6-21)19(17(22)11-15(18)20(16)27)24-9-7-23(2)8-10-24;2-1-3;/h11-12H,3-10H2,1-2H3;1H,(H,2,3);/q;;+1/p-1. The summed E-state index contributed by atoms with van der Waals surface area (Å²) in [6.07, 6.45) is 5.59. The Bertz CT molecular complexity index is 1090. The Kier molecular flexibility index (Phi) is 7.61. The van der Waals surface area contributed by atoms with Crippen molar-refractivity contribution >= 4 is 51.9 Å². The Labute approximate surface area is 214 Å². The van der Waals surface area contributed by atoms with Crippen LogP contribution in [0, 0.1) is 5.82 Å². The number of hydrogen-bond acceptors (Lipinski definition) is 6. The number of carbonyl (C=O) groups excluding carboxylic acids is 1. The van der Waals surface area contributed by atoms with Gasteiger partial charge in [-0.2, -0.15) is 4.70 Å². The van der Waals surface area contributed by atoms with E-state index in [0.29, 0.717) is 11.1 Å². The number of ketones is 1. The zero-order valence-electron chi connectivity index (χ0n) is 18.2. The number of halogens is 1. The molecule has 0 radical (unpaired) electrons. The number of thiocarbonyl (C=S) groups is 1. The maximum atomic E-state index is 15.2. The Morgan fingerprint density at radius 2 is 1.84 bits per heavy atom. The number of anilines is 1. The zero-order valence-corrected chi connectivity index (χ0v) is 21.9. The average Bonchev–Trinajstić information content (AvgIpc) is 3.48. The molecule has 3 aliphatic rings. The molecule has 9 heteroatoms. The van der Waals surface area contributed by atoms with Crippen molar-refractivity contribution in [3.05, 3.63) is 39.4 Å². The van der Waals surface area contributed by atoms with E-state index in [2.05, 4.69) is 46.3 Å². The summed E-state index contributed by atoms with van der Waals surface area (Å²) < 4.78 is 18.5. The molecule has 2 aliphatic heterocycles. The third-order valence-corrected chi connectivity index (χ3v) is 6.69. The van der Waals surface area contributed by atoms with Gasteiger partial charge in [0.15, 0.2) is 11.2 Å². The third-order valence-electron chi connectivity index (χ3n) is 6.69. The predicted molar refractivity (Wildman–Crippen MR) is 124 cm³/mol. The van der Waals surface area contributed by atoms with Crippen LogP contribution >= 0.6 is 12.2 Å². The molecular formula is C22H25FN3NaO2S2. The van der Waals surface area contributed by atoms with Gasteiger partial charge in [-0.05, 0) is 45.7 Å². The van der Waals surface area contributed by atoms with Crippen LogP contribution in [-0.4, -0.2) is 53.2 Å². The van der Waals surface area contributed by atoms with Crippen molar-refractivity contribution in [2.75, 3.05) is 38.1 Å². The summed E-state index contributed by atoms with van der Waals surface area (Å²) in [6, 6.07) is 1.37. The van der Waals surface area contributed by atoms with E-state index in [9.17, 15) is 9.59 Å². The van der Waals surface area contributed by atoms with Crippen LogP contribution < -0.4 is 39.9 Å².